The Morgan fingerprint density at radius 3 is 2.13 bits per heavy atom. The molecule has 0 saturated carbocycles. The van der Waals surface area contributed by atoms with Crippen LogP contribution < -0.4 is 0 Å². The number of rotatable bonds is 3. The maximum atomic E-state index is 10.2. The SMILES string of the molecule is Brc1ccc(C2OCCO2)cc1.CC(O)c1ccc(C=O)cc1. The molecule has 0 spiro atoms. The monoisotopic (exact) mass is 378 g/mol. The molecule has 1 aliphatic heterocycles. The van der Waals surface area contributed by atoms with Gasteiger partial charge in [-0.05, 0) is 24.6 Å². The van der Waals surface area contributed by atoms with Crippen molar-refractivity contribution in [3.05, 3.63) is 69.7 Å². The van der Waals surface area contributed by atoms with E-state index in [-0.39, 0.29) is 6.29 Å². The molecule has 3 rings (SSSR count). The predicted molar refractivity (Wildman–Crippen MR) is 91.3 cm³/mol. The van der Waals surface area contributed by atoms with E-state index in [4.69, 9.17) is 14.6 Å². The minimum Gasteiger partial charge on any atom is -0.389 e. The van der Waals surface area contributed by atoms with Gasteiger partial charge in [0.25, 0.3) is 0 Å². The molecule has 1 heterocycles. The van der Waals surface area contributed by atoms with E-state index >= 15 is 0 Å². The molecular weight excluding hydrogens is 360 g/mol. The van der Waals surface area contributed by atoms with Crippen molar-refractivity contribution in [2.24, 2.45) is 0 Å². The highest BCUT2D eigenvalue weighted by molar-refractivity contribution is 9.10. The van der Waals surface area contributed by atoms with Crippen LogP contribution in [0.15, 0.2) is 53.0 Å². The van der Waals surface area contributed by atoms with Gasteiger partial charge in [0.05, 0.1) is 19.3 Å². The van der Waals surface area contributed by atoms with Crippen LogP contribution in [-0.4, -0.2) is 24.6 Å². The van der Waals surface area contributed by atoms with Crippen LogP contribution in [0.25, 0.3) is 0 Å². The largest absolute Gasteiger partial charge is 0.389 e. The van der Waals surface area contributed by atoms with Gasteiger partial charge in [-0.1, -0.05) is 52.3 Å². The van der Waals surface area contributed by atoms with E-state index in [0.29, 0.717) is 18.8 Å². The van der Waals surface area contributed by atoms with Crippen molar-refractivity contribution in [3.8, 4) is 0 Å². The Hall–Kier alpha value is -1.53. The molecule has 2 aromatic carbocycles. The highest BCUT2D eigenvalue weighted by Gasteiger charge is 2.17. The Morgan fingerprint density at radius 1 is 1.09 bits per heavy atom. The number of hydrogen-bond donors (Lipinski definition) is 1. The number of ether oxygens (including phenoxy) is 2. The molecule has 1 N–H and O–H groups in total. The second kappa shape index (κ2) is 8.93. The zero-order valence-corrected chi connectivity index (χ0v) is 14.4. The van der Waals surface area contributed by atoms with E-state index in [1.807, 2.05) is 24.3 Å². The van der Waals surface area contributed by atoms with E-state index in [1.165, 1.54) is 0 Å². The molecule has 0 aromatic heterocycles. The number of aliphatic hydroxyl groups is 1. The first-order valence-electron chi connectivity index (χ1n) is 7.32. The quantitative estimate of drug-likeness (QED) is 0.818. The van der Waals surface area contributed by atoms with Gasteiger partial charge in [-0.15, -0.1) is 0 Å². The fraction of sp³-hybridized carbons (Fsp3) is 0.278. The first-order chi connectivity index (χ1) is 11.1. The molecule has 1 aliphatic rings. The summed E-state index contributed by atoms with van der Waals surface area (Å²) in [5.41, 5.74) is 2.54. The summed E-state index contributed by atoms with van der Waals surface area (Å²) in [5.74, 6) is 0. The zero-order chi connectivity index (χ0) is 16.7. The van der Waals surface area contributed by atoms with E-state index in [9.17, 15) is 4.79 Å². The molecule has 4 nitrogen and oxygen atoms in total. The summed E-state index contributed by atoms with van der Waals surface area (Å²) in [6.45, 7) is 3.08. The lowest BCUT2D eigenvalue weighted by molar-refractivity contribution is -0.0441. The third-order valence-electron chi connectivity index (χ3n) is 3.32. The molecule has 0 bridgehead atoms. The summed E-state index contributed by atoms with van der Waals surface area (Å²) in [5, 5.41) is 9.10. The lowest BCUT2D eigenvalue weighted by Crippen LogP contribution is -1.96. The number of carbonyl (C=O) groups is 1. The smallest absolute Gasteiger partial charge is 0.184 e. The molecule has 23 heavy (non-hydrogen) atoms. The van der Waals surface area contributed by atoms with Crippen molar-refractivity contribution in [1.82, 2.24) is 0 Å². The van der Waals surface area contributed by atoms with Crippen LogP contribution >= 0.6 is 15.9 Å². The third-order valence-corrected chi connectivity index (χ3v) is 3.85. The number of aldehydes is 1. The van der Waals surface area contributed by atoms with Gasteiger partial charge in [0, 0.05) is 15.6 Å². The molecule has 0 radical (unpaired) electrons. The second-order valence-corrected chi connectivity index (χ2v) is 6.00. The minimum atomic E-state index is -0.462. The van der Waals surface area contributed by atoms with Gasteiger partial charge < -0.3 is 14.6 Å². The van der Waals surface area contributed by atoms with Crippen molar-refractivity contribution >= 4 is 22.2 Å². The first-order valence-corrected chi connectivity index (χ1v) is 8.11. The second-order valence-electron chi connectivity index (χ2n) is 5.09. The fourth-order valence-electron chi connectivity index (χ4n) is 2.02. The molecule has 2 aromatic rings. The molecule has 0 amide bonds. The fourth-order valence-corrected chi connectivity index (χ4v) is 2.29. The van der Waals surface area contributed by atoms with Crippen molar-refractivity contribution in [3.63, 3.8) is 0 Å². The number of hydrogen-bond acceptors (Lipinski definition) is 4. The first kappa shape index (κ1) is 17.8. The lowest BCUT2D eigenvalue weighted by Gasteiger charge is -2.08. The van der Waals surface area contributed by atoms with E-state index in [2.05, 4.69) is 15.9 Å². The average molecular weight is 379 g/mol. The number of carbonyl (C=O) groups excluding carboxylic acids is 1. The van der Waals surface area contributed by atoms with Crippen LogP contribution in [0.4, 0.5) is 0 Å². The predicted octanol–water partition coefficient (Wildman–Crippen LogP) is 4.05. The van der Waals surface area contributed by atoms with Crippen LogP contribution in [0.5, 0.6) is 0 Å². The van der Waals surface area contributed by atoms with E-state index < -0.39 is 6.10 Å². The highest BCUT2D eigenvalue weighted by atomic mass is 79.9. The normalized spacial score (nSPS) is 15.6. The molecule has 1 atom stereocenters. The minimum absolute atomic E-state index is 0.155. The lowest BCUT2D eigenvalue weighted by atomic mass is 10.1. The van der Waals surface area contributed by atoms with Gasteiger partial charge in [-0.25, -0.2) is 0 Å². The van der Waals surface area contributed by atoms with Crippen molar-refractivity contribution in [2.75, 3.05) is 13.2 Å². The van der Waals surface area contributed by atoms with Gasteiger partial charge in [-0.3, -0.25) is 4.79 Å². The summed E-state index contributed by atoms with van der Waals surface area (Å²) in [7, 11) is 0. The molecule has 0 aliphatic carbocycles. The number of halogens is 1. The standard InChI is InChI=1S/C9H9BrO2.C9H10O2/c10-8-3-1-7(2-4-8)9-11-5-6-12-9;1-7(11)9-4-2-8(6-10)3-5-9/h1-4,9H,5-6H2;2-7,11H,1H3. The maximum absolute atomic E-state index is 10.2. The average Bonchev–Trinajstić information content (AvgIpc) is 3.11. The van der Waals surface area contributed by atoms with Crippen molar-refractivity contribution in [1.29, 1.82) is 0 Å². The van der Waals surface area contributed by atoms with Gasteiger partial charge >= 0.3 is 0 Å². The molecule has 1 fully saturated rings. The molecule has 5 heteroatoms. The van der Waals surface area contributed by atoms with Gasteiger partial charge in [0.1, 0.15) is 6.29 Å². The summed E-state index contributed by atoms with van der Waals surface area (Å²) in [6, 6.07) is 14.8. The van der Waals surface area contributed by atoms with E-state index in [0.717, 1.165) is 21.9 Å². The van der Waals surface area contributed by atoms with E-state index in [1.54, 1.807) is 31.2 Å². The number of aliphatic hydroxyl groups excluding tert-OH is 1. The highest BCUT2D eigenvalue weighted by Crippen LogP contribution is 2.24. The summed E-state index contributed by atoms with van der Waals surface area (Å²) < 4.78 is 11.8. The summed E-state index contributed by atoms with van der Waals surface area (Å²) in [4.78, 5) is 10.2. The van der Waals surface area contributed by atoms with Crippen molar-refractivity contribution < 1.29 is 19.4 Å². The molecule has 122 valence electrons. The third kappa shape index (κ3) is 5.55. The van der Waals surface area contributed by atoms with Gasteiger partial charge in [0.2, 0.25) is 0 Å². The Labute approximate surface area is 144 Å². The zero-order valence-electron chi connectivity index (χ0n) is 12.8. The van der Waals surface area contributed by atoms with Crippen LogP contribution in [0.2, 0.25) is 0 Å². The molecule has 1 unspecified atom stereocenters. The Bertz CT molecular complexity index is 602. The Morgan fingerprint density at radius 2 is 1.65 bits per heavy atom. The van der Waals surface area contributed by atoms with Gasteiger partial charge in [-0.2, -0.15) is 0 Å². The maximum Gasteiger partial charge on any atom is 0.184 e. The Balaban J connectivity index is 0.000000168. The van der Waals surface area contributed by atoms with Crippen LogP contribution in [0.1, 0.15) is 40.8 Å². The van der Waals surface area contributed by atoms with Gasteiger partial charge in [0.15, 0.2) is 6.29 Å². The number of benzene rings is 2. The molecule has 1 saturated heterocycles. The topological polar surface area (TPSA) is 55.8 Å². The van der Waals surface area contributed by atoms with Crippen LogP contribution in [0, 0.1) is 0 Å². The Kier molecular flexibility index (Phi) is 6.92. The summed E-state index contributed by atoms with van der Waals surface area (Å²) in [6.07, 6.45) is 0.167. The van der Waals surface area contributed by atoms with Crippen LogP contribution in [-0.2, 0) is 9.47 Å². The van der Waals surface area contributed by atoms with Crippen LogP contribution in [0.3, 0.4) is 0 Å². The summed E-state index contributed by atoms with van der Waals surface area (Å²) >= 11 is 3.37. The van der Waals surface area contributed by atoms with Crippen molar-refractivity contribution in [2.45, 2.75) is 19.3 Å². The molecular formula is C18H19BrO4.